The number of hydrogen-bond acceptors (Lipinski definition) is 7. The highest BCUT2D eigenvalue weighted by molar-refractivity contribution is 8.02. The van der Waals surface area contributed by atoms with Gasteiger partial charge in [-0.05, 0) is 63.3 Å². The van der Waals surface area contributed by atoms with Crippen molar-refractivity contribution in [1.82, 2.24) is 4.90 Å². The van der Waals surface area contributed by atoms with Gasteiger partial charge >= 0.3 is 5.97 Å². The average molecular weight is 569 g/mol. The van der Waals surface area contributed by atoms with Crippen LogP contribution in [-0.4, -0.2) is 76.7 Å². The number of ether oxygens (including phenoxy) is 2. The molecular formula is C31H40N2O6S. The number of nitrogens with zero attached hydrogens (tertiary/aromatic N) is 2. The van der Waals surface area contributed by atoms with E-state index in [1.54, 1.807) is 28.7 Å². The van der Waals surface area contributed by atoms with Gasteiger partial charge in [0.2, 0.25) is 5.91 Å². The molecule has 4 aliphatic heterocycles. The van der Waals surface area contributed by atoms with Gasteiger partial charge in [-0.1, -0.05) is 37.1 Å². The van der Waals surface area contributed by atoms with Crippen molar-refractivity contribution in [1.29, 1.82) is 0 Å². The Morgan fingerprint density at radius 2 is 1.77 bits per heavy atom. The second kappa shape index (κ2) is 12.0. The van der Waals surface area contributed by atoms with Crippen molar-refractivity contribution in [3.63, 3.8) is 0 Å². The van der Waals surface area contributed by atoms with Crippen LogP contribution in [0.15, 0.2) is 48.6 Å². The summed E-state index contributed by atoms with van der Waals surface area (Å²) < 4.78 is 9.49. The predicted octanol–water partition coefficient (Wildman–Crippen LogP) is 4.12. The van der Waals surface area contributed by atoms with Crippen LogP contribution in [0.1, 0.15) is 51.9 Å². The number of carbonyl (C=O) groups excluding carboxylic acids is 3. The topological polar surface area (TPSA) is 96.4 Å². The van der Waals surface area contributed by atoms with Crippen molar-refractivity contribution in [3.8, 4) is 5.75 Å². The minimum absolute atomic E-state index is 0.140. The fourth-order valence-corrected chi connectivity index (χ4v) is 8.93. The van der Waals surface area contributed by atoms with E-state index in [1.807, 2.05) is 43.3 Å². The van der Waals surface area contributed by atoms with Gasteiger partial charge < -0.3 is 24.4 Å². The Labute approximate surface area is 240 Å². The second-order valence-corrected chi connectivity index (χ2v) is 13.1. The summed E-state index contributed by atoms with van der Waals surface area (Å²) in [6, 6.07) is 6.63. The standard InChI is InChI=1S/C31H40N2O6S/c1-30-16-7-3-6-10-21-39-29(37)25(30)24-27(35)33(18-8-4-5-9-20-34)26-28(36)32(19-11-17-31(24,26)40-30)22-12-14-23(38-2)15-13-22/h7,11-17,24-26,34H,3-6,8-10,18-21H2,1-2H3/b16-7-/t24-,25+,26?,30-,31-/m0/s1. The first-order chi connectivity index (χ1) is 19.4. The first-order valence-electron chi connectivity index (χ1n) is 14.5. The molecule has 40 heavy (non-hydrogen) atoms. The van der Waals surface area contributed by atoms with Crippen molar-refractivity contribution < 1.29 is 29.0 Å². The minimum atomic E-state index is -0.892. The molecule has 8 nitrogen and oxygen atoms in total. The van der Waals surface area contributed by atoms with Crippen LogP contribution < -0.4 is 9.64 Å². The van der Waals surface area contributed by atoms with Crippen LogP contribution in [0, 0.1) is 11.8 Å². The fraction of sp³-hybridized carbons (Fsp3) is 0.581. The lowest BCUT2D eigenvalue weighted by Crippen LogP contribution is -2.53. The smallest absolute Gasteiger partial charge is 0.311 e. The van der Waals surface area contributed by atoms with Gasteiger partial charge in [-0.2, -0.15) is 0 Å². The Bertz CT molecular complexity index is 1170. The number of hydrogen-bond donors (Lipinski definition) is 1. The number of fused-ring (bicyclic) bond motifs is 2. The van der Waals surface area contributed by atoms with E-state index in [2.05, 4.69) is 12.2 Å². The number of benzene rings is 1. The summed E-state index contributed by atoms with van der Waals surface area (Å²) in [5, 5.41) is 9.18. The molecule has 1 spiro atoms. The highest BCUT2D eigenvalue weighted by Gasteiger charge is 2.73. The maximum atomic E-state index is 14.5. The number of methoxy groups -OCH3 is 1. The summed E-state index contributed by atoms with van der Waals surface area (Å²) in [6.07, 6.45) is 14.0. The van der Waals surface area contributed by atoms with Crippen molar-refractivity contribution >= 4 is 35.2 Å². The average Bonchev–Trinajstić information content (AvgIpc) is 3.27. The van der Waals surface area contributed by atoms with Crippen molar-refractivity contribution in [2.24, 2.45) is 11.8 Å². The third kappa shape index (κ3) is 5.07. The molecule has 0 radical (unpaired) electrons. The fourth-order valence-electron chi connectivity index (χ4n) is 6.78. The number of aliphatic hydroxyl groups excluding tert-OH is 1. The number of esters is 1. The summed E-state index contributed by atoms with van der Waals surface area (Å²) in [4.78, 5) is 46.0. The van der Waals surface area contributed by atoms with Crippen LogP contribution in [0.25, 0.3) is 0 Å². The quantitative estimate of drug-likeness (QED) is 0.286. The second-order valence-electron chi connectivity index (χ2n) is 11.3. The Kier molecular flexibility index (Phi) is 8.61. The first kappa shape index (κ1) is 28.7. The van der Waals surface area contributed by atoms with E-state index in [9.17, 15) is 19.5 Å². The molecular weight excluding hydrogens is 528 g/mol. The highest BCUT2D eigenvalue weighted by Crippen LogP contribution is 2.65. The van der Waals surface area contributed by atoms with Gasteiger partial charge in [0.15, 0.2) is 0 Å². The Morgan fingerprint density at radius 1 is 1.00 bits per heavy atom. The molecule has 2 fully saturated rings. The number of thioether (sulfide) groups is 1. The number of aliphatic hydroxyl groups is 1. The lowest BCUT2D eigenvalue weighted by atomic mass is 9.74. The summed E-state index contributed by atoms with van der Waals surface area (Å²) in [6.45, 7) is 3.30. The van der Waals surface area contributed by atoms with Gasteiger partial charge in [0.05, 0.1) is 30.3 Å². The largest absolute Gasteiger partial charge is 0.497 e. The van der Waals surface area contributed by atoms with E-state index in [0.29, 0.717) is 31.9 Å². The molecule has 5 atom stereocenters. The van der Waals surface area contributed by atoms with Gasteiger partial charge in [-0.3, -0.25) is 14.4 Å². The summed E-state index contributed by atoms with van der Waals surface area (Å²) >= 11 is 1.58. The number of carbonyl (C=O) groups is 3. The van der Waals surface area contributed by atoms with Crippen LogP contribution >= 0.6 is 11.8 Å². The zero-order valence-corrected chi connectivity index (χ0v) is 24.2. The van der Waals surface area contributed by atoms with E-state index in [-0.39, 0.29) is 24.4 Å². The number of likely N-dealkylation sites (tertiary alicyclic amines) is 1. The third-order valence-corrected chi connectivity index (χ3v) is 10.5. The van der Waals surface area contributed by atoms with E-state index < -0.39 is 27.4 Å². The van der Waals surface area contributed by atoms with Gasteiger partial charge in [0.1, 0.15) is 11.8 Å². The van der Waals surface area contributed by atoms with Crippen molar-refractivity contribution in [3.05, 3.63) is 48.6 Å². The molecule has 5 rings (SSSR count). The number of anilines is 1. The molecule has 0 aliphatic carbocycles. The number of rotatable bonds is 8. The van der Waals surface area contributed by atoms with E-state index in [0.717, 1.165) is 44.2 Å². The summed E-state index contributed by atoms with van der Waals surface area (Å²) in [5.41, 5.74) is 0.735. The molecule has 4 heterocycles. The lowest BCUT2D eigenvalue weighted by molar-refractivity contribution is -0.154. The molecule has 0 saturated carbocycles. The van der Waals surface area contributed by atoms with Gasteiger partial charge in [0, 0.05) is 30.1 Å². The Hall–Kier alpha value is -2.78. The van der Waals surface area contributed by atoms with Crippen LogP contribution in [0.4, 0.5) is 5.69 Å². The summed E-state index contributed by atoms with van der Waals surface area (Å²) in [7, 11) is 1.60. The molecule has 216 valence electrons. The van der Waals surface area contributed by atoms with Crippen LogP contribution in [0.3, 0.4) is 0 Å². The monoisotopic (exact) mass is 568 g/mol. The molecule has 1 aromatic rings. The number of cyclic esters (lactones) is 1. The van der Waals surface area contributed by atoms with E-state index >= 15 is 0 Å². The van der Waals surface area contributed by atoms with E-state index in [1.165, 1.54) is 0 Å². The molecule has 0 bridgehead atoms. The predicted molar refractivity (Wildman–Crippen MR) is 155 cm³/mol. The number of allylic oxidation sites excluding steroid dienone is 1. The molecule has 2 saturated heterocycles. The Morgan fingerprint density at radius 3 is 2.52 bits per heavy atom. The summed E-state index contributed by atoms with van der Waals surface area (Å²) in [5.74, 6) is -1.32. The molecule has 1 N–H and O–H groups in total. The maximum Gasteiger partial charge on any atom is 0.311 e. The molecule has 1 unspecified atom stereocenters. The minimum Gasteiger partial charge on any atom is -0.497 e. The van der Waals surface area contributed by atoms with E-state index in [4.69, 9.17) is 9.47 Å². The van der Waals surface area contributed by atoms with Crippen molar-refractivity contribution in [2.45, 2.75) is 67.4 Å². The molecule has 9 heteroatoms. The van der Waals surface area contributed by atoms with Crippen LogP contribution in [-0.2, 0) is 19.1 Å². The number of unbranched alkanes of at least 4 members (excludes halogenated alkanes) is 3. The number of amides is 2. The van der Waals surface area contributed by atoms with Crippen LogP contribution in [0.5, 0.6) is 5.75 Å². The highest BCUT2D eigenvalue weighted by atomic mass is 32.2. The lowest BCUT2D eigenvalue weighted by Gasteiger charge is -2.37. The zero-order valence-electron chi connectivity index (χ0n) is 23.4. The molecule has 0 aromatic heterocycles. The molecule has 1 aromatic carbocycles. The first-order valence-corrected chi connectivity index (χ1v) is 15.3. The Balaban J connectivity index is 1.56. The maximum absolute atomic E-state index is 14.5. The third-order valence-electron chi connectivity index (χ3n) is 8.69. The van der Waals surface area contributed by atoms with Crippen LogP contribution in [0.2, 0.25) is 0 Å². The zero-order chi connectivity index (χ0) is 28.3. The molecule has 4 aliphatic rings. The van der Waals surface area contributed by atoms with Crippen molar-refractivity contribution in [2.75, 3.05) is 38.3 Å². The van der Waals surface area contributed by atoms with Gasteiger partial charge in [-0.15, -0.1) is 11.8 Å². The van der Waals surface area contributed by atoms with Gasteiger partial charge in [0.25, 0.3) is 5.91 Å². The molecule has 2 amide bonds. The van der Waals surface area contributed by atoms with Gasteiger partial charge in [-0.25, -0.2) is 0 Å². The SMILES string of the molecule is COc1ccc(N2CC=C[C@]34S[C@@]5(C)/C=C\CCCCOC(=O)[C@H]5[C@H]3C(=O)N(CCCCCCO)C4C2=O)cc1. The normalized spacial score (nSPS) is 32.7.